The Morgan fingerprint density at radius 2 is 2.13 bits per heavy atom. The molecular weight excluding hydrogens is 393 g/mol. The molecule has 0 unspecified atom stereocenters. The van der Waals surface area contributed by atoms with Crippen LogP contribution in [0.1, 0.15) is 23.0 Å². The molecule has 10 heteroatoms. The molecule has 0 aliphatic heterocycles. The average molecular weight is 411 g/mol. The first-order valence-electron chi connectivity index (χ1n) is 8.83. The van der Waals surface area contributed by atoms with Crippen LogP contribution in [0.4, 0.5) is 4.39 Å². The van der Waals surface area contributed by atoms with E-state index in [9.17, 15) is 14.3 Å². The molecule has 0 radical (unpaired) electrons. The SMILES string of the molecule is CCOc1ccc(-c2cncc(C(=O)N/N=C/c3cc(OC)cnc3F)n2)cc1O. The predicted molar refractivity (Wildman–Crippen MR) is 106 cm³/mol. The molecule has 1 aromatic carbocycles. The molecule has 0 atom stereocenters. The van der Waals surface area contributed by atoms with E-state index in [1.54, 1.807) is 12.1 Å². The van der Waals surface area contributed by atoms with Crippen molar-refractivity contribution in [2.24, 2.45) is 5.10 Å². The minimum Gasteiger partial charge on any atom is -0.504 e. The number of ether oxygens (including phenoxy) is 2. The van der Waals surface area contributed by atoms with Crippen molar-refractivity contribution < 1.29 is 23.8 Å². The van der Waals surface area contributed by atoms with Gasteiger partial charge in [-0.25, -0.2) is 15.4 Å². The molecule has 2 aromatic heterocycles. The van der Waals surface area contributed by atoms with Crippen LogP contribution >= 0.6 is 0 Å². The van der Waals surface area contributed by atoms with Gasteiger partial charge >= 0.3 is 0 Å². The number of hydrogen-bond donors (Lipinski definition) is 2. The molecule has 9 nitrogen and oxygen atoms in total. The number of aromatic nitrogens is 3. The van der Waals surface area contributed by atoms with Crippen LogP contribution in [0.3, 0.4) is 0 Å². The lowest BCUT2D eigenvalue weighted by molar-refractivity contribution is 0.0950. The number of carbonyl (C=O) groups excluding carboxylic acids is 1. The lowest BCUT2D eigenvalue weighted by atomic mass is 10.1. The maximum absolute atomic E-state index is 13.7. The zero-order valence-corrected chi connectivity index (χ0v) is 16.2. The van der Waals surface area contributed by atoms with Gasteiger partial charge in [0.05, 0.1) is 49.8 Å². The maximum Gasteiger partial charge on any atom is 0.291 e. The Morgan fingerprint density at radius 3 is 2.87 bits per heavy atom. The number of carbonyl (C=O) groups is 1. The van der Waals surface area contributed by atoms with E-state index < -0.39 is 11.9 Å². The van der Waals surface area contributed by atoms with Gasteiger partial charge in [0, 0.05) is 5.56 Å². The van der Waals surface area contributed by atoms with E-state index in [1.807, 2.05) is 6.92 Å². The zero-order chi connectivity index (χ0) is 21.5. The third-order valence-corrected chi connectivity index (χ3v) is 3.87. The Labute approximate surface area is 171 Å². The first-order valence-corrected chi connectivity index (χ1v) is 8.83. The van der Waals surface area contributed by atoms with Crippen LogP contribution < -0.4 is 14.9 Å². The van der Waals surface area contributed by atoms with Crippen molar-refractivity contribution in [2.45, 2.75) is 6.92 Å². The number of nitrogens with one attached hydrogen (secondary N) is 1. The van der Waals surface area contributed by atoms with E-state index in [-0.39, 0.29) is 17.0 Å². The van der Waals surface area contributed by atoms with E-state index >= 15 is 0 Å². The molecule has 0 aliphatic carbocycles. The van der Waals surface area contributed by atoms with Crippen LogP contribution in [-0.2, 0) is 0 Å². The van der Waals surface area contributed by atoms with Gasteiger partial charge in [-0.3, -0.25) is 9.78 Å². The van der Waals surface area contributed by atoms with Crippen molar-refractivity contribution in [3.63, 3.8) is 0 Å². The second-order valence-corrected chi connectivity index (χ2v) is 5.86. The van der Waals surface area contributed by atoms with Gasteiger partial charge in [-0.05, 0) is 31.2 Å². The molecule has 2 N–H and O–H groups in total. The fraction of sp³-hybridized carbons (Fsp3) is 0.150. The summed E-state index contributed by atoms with van der Waals surface area (Å²) in [5, 5.41) is 13.7. The molecule has 0 aliphatic rings. The lowest BCUT2D eigenvalue weighted by Gasteiger charge is -2.08. The monoisotopic (exact) mass is 411 g/mol. The summed E-state index contributed by atoms with van der Waals surface area (Å²) in [6.45, 7) is 2.22. The number of pyridine rings is 1. The van der Waals surface area contributed by atoms with Crippen molar-refractivity contribution in [3.8, 4) is 28.5 Å². The van der Waals surface area contributed by atoms with Crippen molar-refractivity contribution in [3.05, 3.63) is 60.1 Å². The van der Waals surface area contributed by atoms with Gasteiger partial charge in [0.2, 0.25) is 5.95 Å². The van der Waals surface area contributed by atoms with Gasteiger partial charge in [0.1, 0.15) is 11.4 Å². The Morgan fingerprint density at radius 1 is 1.30 bits per heavy atom. The summed E-state index contributed by atoms with van der Waals surface area (Å²) in [6.07, 6.45) is 5.04. The molecule has 0 saturated heterocycles. The van der Waals surface area contributed by atoms with Crippen molar-refractivity contribution in [1.82, 2.24) is 20.4 Å². The highest BCUT2D eigenvalue weighted by atomic mass is 19.1. The Kier molecular flexibility index (Phi) is 6.48. The minimum atomic E-state index is -0.758. The van der Waals surface area contributed by atoms with Gasteiger partial charge in [-0.15, -0.1) is 0 Å². The fourth-order valence-electron chi connectivity index (χ4n) is 2.43. The number of hydrogen-bond acceptors (Lipinski definition) is 8. The summed E-state index contributed by atoms with van der Waals surface area (Å²) in [4.78, 5) is 24.1. The normalized spacial score (nSPS) is 10.8. The molecule has 3 rings (SSSR count). The topological polar surface area (TPSA) is 119 Å². The summed E-state index contributed by atoms with van der Waals surface area (Å²) in [5.74, 6) is -0.763. The molecule has 1 amide bonds. The number of benzene rings is 1. The van der Waals surface area contributed by atoms with Gasteiger partial charge < -0.3 is 14.6 Å². The number of hydrazone groups is 1. The van der Waals surface area contributed by atoms with E-state index in [4.69, 9.17) is 9.47 Å². The van der Waals surface area contributed by atoms with Crippen LogP contribution in [-0.4, -0.2) is 45.9 Å². The van der Waals surface area contributed by atoms with Crippen molar-refractivity contribution >= 4 is 12.1 Å². The average Bonchev–Trinajstić information content (AvgIpc) is 2.76. The highest BCUT2D eigenvalue weighted by Gasteiger charge is 2.11. The van der Waals surface area contributed by atoms with E-state index in [0.717, 1.165) is 6.21 Å². The smallest absolute Gasteiger partial charge is 0.291 e. The van der Waals surface area contributed by atoms with E-state index in [0.29, 0.717) is 29.4 Å². The Hall–Kier alpha value is -4.08. The number of phenolic OH excluding ortho intramolecular Hbond substituents is 1. The summed E-state index contributed by atoms with van der Waals surface area (Å²) in [7, 11) is 1.42. The van der Waals surface area contributed by atoms with Gasteiger partial charge in [-0.1, -0.05) is 0 Å². The van der Waals surface area contributed by atoms with Crippen LogP contribution in [0.25, 0.3) is 11.3 Å². The highest BCUT2D eigenvalue weighted by Crippen LogP contribution is 2.30. The first kappa shape index (κ1) is 20.6. The number of rotatable bonds is 7. The quantitative estimate of drug-likeness (QED) is 0.348. The minimum absolute atomic E-state index is 0.0118. The maximum atomic E-state index is 13.7. The number of aromatic hydroxyl groups is 1. The standard InChI is InChI=1S/C20H18FN5O4/c1-3-30-18-5-4-12(7-17(18)27)15-10-22-11-16(25-15)20(28)26-24-8-13-6-14(29-2)9-23-19(13)21/h4-11,27H,3H2,1-2H3,(H,26,28)/b24-8+. The van der Waals surface area contributed by atoms with Crippen LogP contribution in [0, 0.1) is 5.95 Å². The zero-order valence-electron chi connectivity index (χ0n) is 16.2. The van der Waals surface area contributed by atoms with Crippen molar-refractivity contribution in [1.29, 1.82) is 0 Å². The fourth-order valence-corrected chi connectivity index (χ4v) is 2.43. The molecule has 0 fully saturated rings. The van der Waals surface area contributed by atoms with Crippen LogP contribution in [0.5, 0.6) is 17.2 Å². The largest absolute Gasteiger partial charge is 0.504 e. The molecule has 3 aromatic rings. The third kappa shape index (κ3) is 4.85. The third-order valence-electron chi connectivity index (χ3n) is 3.87. The van der Waals surface area contributed by atoms with Gasteiger partial charge in [0.25, 0.3) is 5.91 Å². The van der Waals surface area contributed by atoms with Crippen LogP contribution in [0.15, 0.2) is 48.0 Å². The van der Waals surface area contributed by atoms with Crippen molar-refractivity contribution in [2.75, 3.05) is 13.7 Å². The second-order valence-electron chi connectivity index (χ2n) is 5.86. The number of methoxy groups -OCH3 is 1. The second kappa shape index (κ2) is 9.41. The van der Waals surface area contributed by atoms with Crippen LogP contribution in [0.2, 0.25) is 0 Å². The van der Waals surface area contributed by atoms with Gasteiger partial charge in [-0.2, -0.15) is 9.49 Å². The van der Waals surface area contributed by atoms with E-state index in [2.05, 4.69) is 25.5 Å². The predicted octanol–water partition coefficient (Wildman–Crippen LogP) is 2.55. The lowest BCUT2D eigenvalue weighted by Crippen LogP contribution is -2.19. The number of phenols is 1. The number of nitrogens with zero attached hydrogens (tertiary/aromatic N) is 4. The molecule has 0 spiro atoms. The Bertz CT molecular complexity index is 1090. The summed E-state index contributed by atoms with van der Waals surface area (Å²) >= 11 is 0. The molecule has 0 bridgehead atoms. The molecule has 2 heterocycles. The highest BCUT2D eigenvalue weighted by molar-refractivity contribution is 5.93. The molecule has 30 heavy (non-hydrogen) atoms. The summed E-state index contributed by atoms with van der Waals surface area (Å²) in [6, 6.07) is 6.14. The Balaban J connectivity index is 1.74. The van der Waals surface area contributed by atoms with E-state index in [1.165, 1.54) is 37.8 Å². The number of halogens is 1. The molecular formula is C20H18FN5O4. The van der Waals surface area contributed by atoms with Gasteiger partial charge in [0.15, 0.2) is 11.5 Å². The molecule has 0 saturated carbocycles. The summed E-state index contributed by atoms with van der Waals surface area (Å²) < 4.78 is 23.9. The number of amides is 1. The molecule has 154 valence electrons. The first-order chi connectivity index (χ1) is 14.5. The summed E-state index contributed by atoms with van der Waals surface area (Å²) in [5.41, 5.74) is 3.20.